The van der Waals surface area contributed by atoms with Gasteiger partial charge in [-0.1, -0.05) is 13.3 Å². The van der Waals surface area contributed by atoms with Crippen LogP contribution in [-0.2, 0) is 4.74 Å². The molecule has 0 radical (unpaired) electrons. The monoisotopic (exact) mass is 251 g/mol. The lowest BCUT2D eigenvalue weighted by atomic mass is 9.97. The molecule has 4 heteroatoms. The third kappa shape index (κ3) is 3.68. The molecule has 3 N–H and O–H groups in total. The van der Waals surface area contributed by atoms with E-state index < -0.39 is 0 Å². The van der Waals surface area contributed by atoms with Crippen LogP contribution < -0.4 is 11.1 Å². The molecular formula is C14H25N3O. The van der Waals surface area contributed by atoms with Gasteiger partial charge in [-0.3, -0.25) is 0 Å². The Kier molecular flexibility index (Phi) is 6.09. The highest BCUT2D eigenvalue weighted by molar-refractivity contribution is 5.43. The van der Waals surface area contributed by atoms with Crippen molar-refractivity contribution in [3.8, 4) is 0 Å². The highest BCUT2D eigenvalue weighted by atomic mass is 16.5. The Morgan fingerprint density at radius 2 is 2.17 bits per heavy atom. The number of aryl methyl sites for hydroxylation is 1. The Morgan fingerprint density at radius 1 is 1.44 bits per heavy atom. The number of nitrogens with one attached hydrogen (secondary N) is 1. The van der Waals surface area contributed by atoms with Crippen molar-refractivity contribution in [2.24, 2.45) is 0 Å². The normalized spacial score (nSPS) is 14.4. The number of hydrogen-bond acceptors (Lipinski definition) is 4. The van der Waals surface area contributed by atoms with Crippen molar-refractivity contribution in [2.45, 2.75) is 45.8 Å². The molecule has 0 aliphatic heterocycles. The Bertz CT molecular complexity index is 362. The number of pyridine rings is 1. The molecule has 2 atom stereocenters. The molecule has 0 bridgehead atoms. The van der Waals surface area contributed by atoms with Crippen LogP contribution >= 0.6 is 0 Å². The first kappa shape index (κ1) is 14.9. The fourth-order valence-electron chi connectivity index (χ4n) is 2.24. The summed E-state index contributed by atoms with van der Waals surface area (Å²) < 4.78 is 5.84. The van der Waals surface area contributed by atoms with Crippen LogP contribution in [0.3, 0.4) is 0 Å². The number of ether oxygens (including phenoxy) is 1. The molecule has 0 saturated heterocycles. The molecule has 1 rings (SSSR count). The number of nitrogens with zero attached hydrogens (tertiary/aromatic N) is 1. The average molecular weight is 251 g/mol. The molecule has 0 spiro atoms. The fraction of sp³-hybridized carbons (Fsp3) is 0.643. The third-order valence-electron chi connectivity index (χ3n) is 3.06. The van der Waals surface area contributed by atoms with Crippen LogP contribution in [0.15, 0.2) is 12.3 Å². The molecule has 0 fully saturated rings. The van der Waals surface area contributed by atoms with Crippen molar-refractivity contribution in [1.29, 1.82) is 0 Å². The van der Waals surface area contributed by atoms with E-state index in [2.05, 4.69) is 23.3 Å². The van der Waals surface area contributed by atoms with Gasteiger partial charge in [0.25, 0.3) is 0 Å². The summed E-state index contributed by atoms with van der Waals surface area (Å²) in [5.41, 5.74) is 8.14. The van der Waals surface area contributed by atoms with Crippen LogP contribution in [0.1, 0.15) is 43.9 Å². The number of likely N-dealkylation sites (N-methyl/N-ethyl adjacent to an activating group) is 1. The van der Waals surface area contributed by atoms with Crippen LogP contribution in [0.4, 0.5) is 5.82 Å². The van der Waals surface area contributed by atoms with Gasteiger partial charge in [0.15, 0.2) is 0 Å². The van der Waals surface area contributed by atoms with Gasteiger partial charge < -0.3 is 15.8 Å². The maximum Gasteiger partial charge on any atom is 0.128 e. The maximum absolute atomic E-state index is 5.99. The number of nitrogens with two attached hydrogens (primary N) is 1. The summed E-state index contributed by atoms with van der Waals surface area (Å²) in [6, 6.07) is 2.18. The second kappa shape index (κ2) is 7.34. The summed E-state index contributed by atoms with van der Waals surface area (Å²) in [4.78, 5) is 4.23. The highest BCUT2D eigenvalue weighted by Crippen LogP contribution is 2.26. The molecule has 0 aromatic carbocycles. The fourth-order valence-corrected chi connectivity index (χ4v) is 2.24. The Morgan fingerprint density at radius 3 is 2.72 bits per heavy atom. The van der Waals surface area contributed by atoms with E-state index in [1.54, 1.807) is 6.20 Å². The maximum atomic E-state index is 5.99. The smallest absolute Gasteiger partial charge is 0.128 e. The Labute approximate surface area is 110 Å². The van der Waals surface area contributed by atoms with Crippen LogP contribution in [0.5, 0.6) is 0 Å². The number of nitrogen functional groups attached to an aromatic ring is 1. The summed E-state index contributed by atoms with van der Waals surface area (Å²) >= 11 is 0. The van der Waals surface area contributed by atoms with Crippen LogP contribution in [0.25, 0.3) is 0 Å². The van der Waals surface area contributed by atoms with Gasteiger partial charge in [0.2, 0.25) is 0 Å². The number of hydrogen-bond donors (Lipinski definition) is 2. The minimum atomic E-state index is 0.0947. The molecule has 1 aromatic heterocycles. The minimum Gasteiger partial charge on any atom is -0.383 e. The van der Waals surface area contributed by atoms with E-state index >= 15 is 0 Å². The number of rotatable bonds is 7. The second-order valence-electron chi connectivity index (χ2n) is 4.54. The quantitative estimate of drug-likeness (QED) is 0.781. The summed E-state index contributed by atoms with van der Waals surface area (Å²) in [5.74, 6) is 0.584. The molecule has 0 saturated carbocycles. The van der Waals surface area contributed by atoms with Gasteiger partial charge in [-0.2, -0.15) is 0 Å². The number of aromatic nitrogens is 1. The predicted molar refractivity (Wildman–Crippen MR) is 75.5 cm³/mol. The topological polar surface area (TPSA) is 60.2 Å². The summed E-state index contributed by atoms with van der Waals surface area (Å²) in [6.07, 6.45) is 4.02. The SMILES string of the molecule is CCCC(OCC)C(NC)c1cc(C)cnc1N. The lowest BCUT2D eigenvalue weighted by Gasteiger charge is -2.27. The molecule has 18 heavy (non-hydrogen) atoms. The largest absolute Gasteiger partial charge is 0.383 e. The Hall–Kier alpha value is -1.13. The van der Waals surface area contributed by atoms with Crippen LogP contribution in [0, 0.1) is 6.92 Å². The molecule has 2 unspecified atom stereocenters. The van der Waals surface area contributed by atoms with E-state index in [1.807, 2.05) is 20.9 Å². The zero-order valence-corrected chi connectivity index (χ0v) is 11.9. The van der Waals surface area contributed by atoms with Crippen molar-refractivity contribution in [3.05, 3.63) is 23.4 Å². The van der Waals surface area contributed by atoms with Gasteiger partial charge in [-0.05, 0) is 38.9 Å². The van der Waals surface area contributed by atoms with Crippen LogP contribution in [0.2, 0.25) is 0 Å². The van der Waals surface area contributed by atoms with Crippen molar-refractivity contribution < 1.29 is 4.74 Å². The minimum absolute atomic E-state index is 0.0947. The molecule has 1 heterocycles. The molecule has 1 aromatic rings. The van der Waals surface area contributed by atoms with Gasteiger partial charge in [-0.25, -0.2) is 4.98 Å². The second-order valence-corrected chi connectivity index (χ2v) is 4.54. The van der Waals surface area contributed by atoms with E-state index in [1.165, 1.54) is 0 Å². The van der Waals surface area contributed by atoms with E-state index in [0.717, 1.165) is 24.0 Å². The van der Waals surface area contributed by atoms with E-state index in [-0.39, 0.29) is 12.1 Å². The lowest BCUT2D eigenvalue weighted by Crippen LogP contribution is -2.32. The molecular weight excluding hydrogens is 226 g/mol. The zero-order chi connectivity index (χ0) is 13.5. The van der Waals surface area contributed by atoms with Gasteiger partial charge in [0, 0.05) is 18.4 Å². The first-order valence-electron chi connectivity index (χ1n) is 6.64. The number of anilines is 1. The highest BCUT2D eigenvalue weighted by Gasteiger charge is 2.23. The van der Waals surface area contributed by atoms with Crippen LogP contribution in [-0.4, -0.2) is 24.7 Å². The summed E-state index contributed by atoms with van der Waals surface area (Å²) in [5, 5.41) is 3.31. The van der Waals surface area contributed by atoms with Gasteiger partial charge in [-0.15, -0.1) is 0 Å². The van der Waals surface area contributed by atoms with Gasteiger partial charge >= 0.3 is 0 Å². The third-order valence-corrected chi connectivity index (χ3v) is 3.06. The van der Waals surface area contributed by atoms with Gasteiger partial charge in [0.1, 0.15) is 5.82 Å². The zero-order valence-electron chi connectivity index (χ0n) is 11.9. The van der Waals surface area contributed by atoms with Crippen molar-refractivity contribution in [3.63, 3.8) is 0 Å². The van der Waals surface area contributed by atoms with E-state index in [0.29, 0.717) is 12.4 Å². The molecule has 0 amide bonds. The lowest BCUT2D eigenvalue weighted by molar-refractivity contribution is 0.0296. The first-order valence-corrected chi connectivity index (χ1v) is 6.64. The van der Waals surface area contributed by atoms with Crippen molar-refractivity contribution >= 4 is 5.82 Å². The standard InChI is InChI=1S/C14H25N3O/c1-5-7-12(18-6-2)13(16-4)11-8-10(3)9-17-14(11)15/h8-9,12-13,16H,5-7H2,1-4H3,(H2,15,17). The van der Waals surface area contributed by atoms with Crippen molar-refractivity contribution in [2.75, 3.05) is 19.4 Å². The van der Waals surface area contributed by atoms with Crippen molar-refractivity contribution in [1.82, 2.24) is 10.3 Å². The molecule has 0 aliphatic carbocycles. The summed E-state index contributed by atoms with van der Waals surface area (Å²) in [6.45, 7) is 6.92. The van der Waals surface area contributed by atoms with E-state index in [9.17, 15) is 0 Å². The van der Waals surface area contributed by atoms with E-state index in [4.69, 9.17) is 10.5 Å². The summed E-state index contributed by atoms with van der Waals surface area (Å²) in [7, 11) is 1.94. The average Bonchev–Trinajstić information content (AvgIpc) is 2.35. The molecule has 0 aliphatic rings. The molecule has 102 valence electrons. The predicted octanol–water partition coefficient (Wildman–Crippen LogP) is 2.44. The Balaban J connectivity index is 3.01. The van der Waals surface area contributed by atoms with Gasteiger partial charge in [0.05, 0.1) is 12.1 Å². The first-order chi connectivity index (χ1) is 8.63. The molecule has 4 nitrogen and oxygen atoms in total.